The number of carbonyl (C=O) groups is 1. The maximum absolute atomic E-state index is 12.8. The van der Waals surface area contributed by atoms with Gasteiger partial charge in [-0.25, -0.2) is 14.8 Å². The van der Waals surface area contributed by atoms with Gasteiger partial charge in [-0.2, -0.15) is 0 Å². The molecular weight excluding hydrogens is 378 g/mol. The number of carbonyl (C=O) groups excluding carboxylic acids is 1. The van der Waals surface area contributed by atoms with E-state index in [0.29, 0.717) is 24.8 Å². The molecule has 1 saturated heterocycles. The van der Waals surface area contributed by atoms with Crippen molar-refractivity contribution in [3.05, 3.63) is 66.1 Å². The van der Waals surface area contributed by atoms with E-state index in [0.717, 1.165) is 35.1 Å². The topological polar surface area (TPSA) is 74.5 Å². The first-order valence-corrected chi connectivity index (χ1v) is 10.1. The smallest absolute Gasteiger partial charge is 0.323 e. The van der Waals surface area contributed by atoms with Crippen molar-refractivity contribution in [2.75, 3.05) is 25.0 Å². The van der Waals surface area contributed by atoms with Gasteiger partial charge < -0.3 is 14.2 Å². The highest BCUT2D eigenvalue weighted by Crippen LogP contribution is 2.26. The van der Waals surface area contributed by atoms with Crippen LogP contribution >= 0.6 is 0 Å². The van der Waals surface area contributed by atoms with Crippen LogP contribution in [0.3, 0.4) is 0 Å². The Hall–Kier alpha value is -3.61. The Kier molecular flexibility index (Phi) is 4.50. The van der Waals surface area contributed by atoms with Gasteiger partial charge in [0.05, 0.1) is 12.7 Å². The van der Waals surface area contributed by atoms with Crippen LogP contribution < -0.4 is 5.32 Å². The number of nitrogens with one attached hydrogen (secondary N) is 1. The number of fused-ring (bicyclic) bond motifs is 2. The van der Waals surface area contributed by atoms with Crippen LogP contribution in [-0.4, -0.2) is 45.4 Å². The van der Waals surface area contributed by atoms with E-state index >= 15 is 0 Å². The molecule has 3 aromatic rings. The molecule has 2 aliphatic heterocycles. The summed E-state index contributed by atoms with van der Waals surface area (Å²) in [7, 11) is 0. The van der Waals surface area contributed by atoms with Crippen molar-refractivity contribution in [3.63, 3.8) is 0 Å². The minimum absolute atomic E-state index is 0.129. The number of piperazine rings is 1. The van der Waals surface area contributed by atoms with Crippen LogP contribution in [0.4, 0.5) is 10.6 Å². The van der Waals surface area contributed by atoms with Crippen molar-refractivity contribution in [3.8, 4) is 11.3 Å². The van der Waals surface area contributed by atoms with Gasteiger partial charge in [0.2, 0.25) is 0 Å². The zero-order valence-corrected chi connectivity index (χ0v) is 17.1. The molecule has 0 bridgehead atoms. The van der Waals surface area contributed by atoms with Gasteiger partial charge in [-0.15, -0.1) is 0 Å². The fourth-order valence-electron chi connectivity index (χ4n) is 3.88. The highest BCUT2D eigenvalue weighted by Gasteiger charge is 2.25. The number of pyridine rings is 1. The average molecular weight is 401 g/mol. The summed E-state index contributed by atoms with van der Waals surface area (Å²) >= 11 is 0. The van der Waals surface area contributed by atoms with E-state index in [1.54, 1.807) is 12.4 Å². The van der Waals surface area contributed by atoms with Crippen LogP contribution in [0.5, 0.6) is 0 Å². The average Bonchev–Trinajstić information content (AvgIpc) is 3.19. The zero-order valence-electron chi connectivity index (χ0n) is 17.1. The lowest BCUT2D eigenvalue weighted by molar-refractivity contribution is 0.192. The number of oxazole rings is 1. The van der Waals surface area contributed by atoms with Crippen LogP contribution in [-0.2, 0) is 0 Å². The molecule has 5 rings (SSSR count). The molecule has 2 amide bonds. The van der Waals surface area contributed by atoms with E-state index in [1.807, 2.05) is 36.1 Å². The van der Waals surface area contributed by atoms with Gasteiger partial charge in [0.25, 0.3) is 0 Å². The Balaban J connectivity index is 1.33. The van der Waals surface area contributed by atoms with Crippen molar-refractivity contribution in [1.82, 2.24) is 19.8 Å². The van der Waals surface area contributed by atoms with Crippen LogP contribution in [0, 0.1) is 6.92 Å². The van der Waals surface area contributed by atoms with Gasteiger partial charge in [0.15, 0.2) is 11.7 Å². The molecule has 0 atom stereocenters. The lowest BCUT2D eigenvalue weighted by Crippen LogP contribution is -2.47. The summed E-state index contributed by atoms with van der Waals surface area (Å²) in [6.45, 7) is 6.05. The molecule has 0 aliphatic carbocycles. The van der Waals surface area contributed by atoms with Crippen molar-refractivity contribution in [2.45, 2.75) is 20.3 Å². The fraction of sp³-hybridized carbons (Fsp3) is 0.261. The van der Waals surface area contributed by atoms with Crippen molar-refractivity contribution < 1.29 is 9.21 Å². The number of benzene rings is 1. The number of hydrogen-bond donors (Lipinski definition) is 1. The summed E-state index contributed by atoms with van der Waals surface area (Å²) in [6, 6.07) is 7.76. The molecule has 0 spiro atoms. The number of aromatic nitrogens is 2. The summed E-state index contributed by atoms with van der Waals surface area (Å²) in [4.78, 5) is 25.5. The largest absolute Gasteiger partial charge is 0.441 e. The third-order valence-corrected chi connectivity index (χ3v) is 5.52. The van der Waals surface area contributed by atoms with E-state index < -0.39 is 0 Å². The summed E-state index contributed by atoms with van der Waals surface area (Å²) < 4.78 is 5.63. The second-order valence-electron chi connectivity index (χ2n) is 7.80. The maximum atomic E-state index is 12.8. The number of amides is 2. The number of nitrogens with zero attached hydrogens (tertiary/aromatic N) is 4. The lowest BCUT2D eigenvalue weighted by Gasteiger charge is -2.38. The second-order valence-corrected chi connectivity index (χ2v) is 7.80. The highest BCUT2D eigenvalue weighted by molar-refractivity contribution is 5.93. The molecule has 2 aliphatic rings. The lowest BCUT2D eigenvalue weighted by atomic mass is 10.1. The predicted octanol–water partition coefficient (Wildman–Crippen LogP) is 4.54. The standard InChI is InChI=1S/C23H23N5O2/c1-15-3-6-20-14-28(8-7-27(20)13-15)23(29)26-22-10-19-9-17(4-5-18(19)11-25-22)21-12-24-16(2)30-21/h4-6,9-13H,3,7-8,14H2,1-2H3,(H,25,26,29). The summed E-state index contributed by atoms with van der Waals surface area (Å²) in [5.41, 5.74) is 3.47. The Morgan fingerprint density at radius 2 is 2.00 bits per heavy atom. The van der Waals surface area contributed by atoms with Crippen LogP contribution in [0.25, 0.3) is 22.1 Å². The van der Waals surface area contributed by atoms with Crippen LogP contribution in [0.2, 0.25) is 0 Å². The second kappa shape index (κ2) is 7.33. The van der Waals surface area contributed by atoms with Gasteiger partial charge in [-0.1, -0.05) is 23.8 Å². The first kappa shape index (κ1) is 18.4. The maximum Gasteiger partial charge on any atom is 0.323 e. The molecule has 1 N–H and O–H groups in total. The number of hydrogen-bond acceptors (Lipinski definition) is 5. The van der Waals surface area contributed by atoms with E-state index in [4.69, 9.17) is 4.42 Å². The Morgan fingerprint density at radius 1 is 1.10 bits per heavy atom. The molecule has 7 heteroatoms. The Labute approximate surface area is 174 Å². The number of rotatable bonds is 2. The molecule has 7 nitrogen and oxygen atoms in total. The number of allylic oxidation sites excluding steroid dienone is 2. The third kappa shape index (κ3) is 3.54. The van der Waals surface area contributed by atoms with Gasteiger partial charge in [0.1, 0.15) is 5.82 Å². The summed E-state index contributed by atoms with van der Waals surface area (Å²) in [6.07, 6.45) is 8.83. The normalized spacial score (nSPS) is 16.2. The minimum atomic E-state index is -0.129. The predicted molar refractivity (Wildman–Crippen MR) is 116 cm³/mol. The molecular formula is C23H23N5O2. The Bertz CT molecular complexity index is 1190. The minimum Gasteiger partial charge on any atom is -0.441 e. The fourth-order valence-corrected chi connectivity index (χ4v) is 3.88. The first-order chi connectivity index (χ1) is 14.5. The van der Waals surface area contributed by atoms with Crippen LogP contribution in [0.15, 0.2) is 64.6 Å². The number of urea groups is 1. The molecule has 0 radical (unpaired) electrons. The molecule has 4 heterocycles. The van der Waals surface area contributed by atoms with Gasteiger partial charge >= 0.3 is 6.03 Å². The molecule has 1 fully saturated rings. The van der Waals surface area contributed by atoms with Gasteiger partial charge in [-0.05, 0) is 30.9 Å². The monoisotopic (exact) mass is 401 g/mol. The summed E-state index contributed by atoms with van der Waals surface area (Å²) in [5.74, 6) is 1.89. The zero-order chi connectivity index (χ0) is 20.7. The van der Waals surface area contributed by atoms with E-state index in [1.165, 1.54) is 11.3 Å². The third-order valence-electron chi connectivity index (χ3n) is 5.52. The quantitative estimate of drug-likeness (QED) is 0.682. The van der Waals surface area contributed by atoms with Crippen LogP contribution in [0.1, 0.15) is 19.2 Å². The SMILES string of the molecule is CC1=CN2CCN(C(=O)Nc3cc4cc(-c5cnc(C)o5)ccc4cn3)CC2=CC1. The highest BCUT2D eigenvalue weighted by atomic mass is 16.4. The number of aryl methyl sites for hydroxylation is 1. The van der Waals surface area contributed by atoms with Crippen molar-refractivity contribution in [1.29, 1.82) is 0 Å². The molecule has 2 aromatic heterocycles. The van der Waals surface area contributed by atoms with E-state index in [2.05, 4.69) is 39.4 Å². The van der Waals surface area contributed by atoms with E-state index in [9.17, 15) is 4.79 Å². The molecule has 30 heavy (non-hydrogen) atoms. The molecule has 0 saturated carbocycles. The van der Waals surface area contributed by atoms with Gasteiger partial charge in [0, 0.05) is 49.1 Å². The van der Waals surface area contributed by atoms with E-state index in [-0.39, 0.29) is 6.03 Å². The number of anilines is 1. The first-order valence-electron chi connectivity index (χ1n) is 10.1. The molecule has 0 unspecified atom stereocenters. The molecule has 152 valence electrons. The van der Waals surface area contributed by atoms with Crippen molar-refractivity contribution >= 4 is 22.6 Å². The molecule has 1 aromatic carbocycles. The summed E-state index contributed by atoms with van der Waals surface area (Å²) in [5, 5.41) is 4.93. The Morgan fingerprint density at radius 3 is 2.83 bits per heavy atom. The van der Waals surface area contributed by atoms with Gasteiger partial charge in [-0.3, -0.25) is 5.32 Å². The van der Waals surface area contributed by atoms with Crippen molar-refractivity contribution in [2.24, 2.45) is 0 Å².